The second kappa shape index (κ2) is 9.07. The van der Waals surface area contributed by atoms with Crippen molar-refractivity contribution in [3.63, 3.8) is 0 Å². The first kappa shape index (κ1) is 26.1. The number of ether oxygens (including phenoxy) is 4. The summed E-state index contributed by atoms with van der Waals surface area (Å²) in [5.74, 6) is 1.48. The molecule has 40 heavy (non-hydrogen) atoms. The van der Waals surface area contributed by atoms with Crippen LogP contribution in [0.4, 0.5) is 0 Å². The van der Waals surface area contributed by atoms with Gasteiger partial charge in [-0.3, -0.25) is 14.6 Å². The van der Waals surface area contributed by atoms with Gasteiger partial charge in [0.1, 0.15) is 18.6 Å². The number of piperazine rings is 1. The number of aryl methyl sites for hydroxylation is 1. The van der Waals surface area contributed by atoms with Crippen molar-refractivity contribution in [2.75, 3.05) is 33.3 Å². The van der Waals surface area contributed by atoms with Crippen molar-refractivity contribution in [2.45, 2.75) is 62.8 Å². The minimum absolute atomic E-state index is 0.0152. The molecule has 214 valence electrons. The molecule has 0 radical (unpaired) electrons. The lowest BCUT2D eigenvalue weighted by atomic mass is 9.73. The molecule has 11 heteroatoms. The Morgan fingerprint density at radius 2 is 1.82 bits per heavy atom. The van der Waals surface area contributed by atoms with Crippen LogP contribution < -0.4 is 14.2 Å². The highest BCUT2D eigenvalue weighted by Crippen LogP contribution is 2.63. The van der Waals surface area contributed by atoms with E-state index >= 15 is 0 Å². The first-order valence-electron chi connectivity index (χ1n) is 13.7. The number of methoxy groups -OCH3 is 1. The number of aliphatic hydroxyl groups is 1. The number of benzene rings is 2. The molecule has 2 saturated heterocycles. The highest BCUT2D eigenvalue weighted by molar-refractivity contribution is 7.99. The van der Waals surface area contributed by atoms with E-state index in [9.17, 15) is 20.1 Å². The Morgan fingerprint density at radius 1 is 1.07 bits per heavy atom. The third-order valence-electron chi connectivity index (χ3n) is 9.47. The highest BCUT2D eigenvalue weighted by Gasteiger charge is 2.60. The molecule has 5 aliphatic heterocycles. The molecular formula is C29H34N2O8S. The van der Waals surface area contributed by atoms with Crippen molar-refractivity contribution < 1.29 is 39.1 Å². The minimum Gasteiger partial charge on any atom is -0.507 e. The van der Waals surface area contributed by atoms with E-state index in [0.29, 0.717) is 46.1 Å². The molecule has 2 aromatic rings. The number of aliphatic hydroxyl groups excluding tert-OH is 1. The summed E-state index contributed by atoms with van der Waals surface area (Å²) in [6.45, 7) is 5.58. The molecule has 0 amide bonds. The van der Waals surface area contributed by atoms with E-state index in [1.807, 2.05) is 38.8 Å². The Labute approximate surface area is 236 Å². The standard InChI is InChI=1S/C29H34N2O8S/c1-11-6-14-7-15-28(34)31-16-8-37-29(35)12(2)9-40-27(19-18(16)26-25(38-10-39-26)13(3)22(19)32)21(31)20(30(15)4)17(14)23(33)24(11)36-5/h6,12,15-16,20-21,27-28,32-34H,7-10H2,1-5H3/t12-,15-,16+,20+,21?,27+,28-/m0/s1. The maximum Gasteiger partial charge on any atom is 0.309 e. The molecule has 5 heterocycles. The number of likely N-dealkylation sites (N-methyl/N-ethyl adjacent to an activating group) is 1. The number of thioether (sulfide) groups is 1. The largest absolute Gasteiger partial charge is 0.507 e. The number of hydrogen-bond donors (Lipinski definition) is 3. The van der Waals surface area contributed by atoms with Gasteiger partial charge in [0.15, 0.2) is 23.0 Å². The van der Waals surface area contributed by atoms with E-state index in [-0.39, 0.29) is 60.2 Å². The molecule has 5 aliphatic rings. The number of phenols is 2. The number of fused-ring (bicyclic) bond motifs is 9. The molecule has 1 unspecified atom stereocenters. The van der Waals surface area contributed by atoms with E-state index in [0.717, 1.165) is 16.7 Å². The summed E-state index contributed by atoms with van der Waals surface area (Å²) in [5.41, 5.74) is 4.59. The van der Waals surface area contributed by atoms with Crippen LogP contribution in [-0.2, 0) is 16.0 Å². The van der Waals surface area contributed by atoms with Crippen LogP contribution in [0.2, 0.25) is 0 Å². The number of carbonyl (C=O) groups is 1. The van der Waals surface area contributed by atoms with Gasteiger partial charge in [-0.15, -0.1) is 0 Å². The van der Waals surface area contributed by atoms with Crippen LogP contribution in [0.5, 0.6) is 28.7 Å². The number of rotatable bonds is 1. The molecule has 7 rings (SSSR count). The average molecular weight is 571 g/mol. The maximum atomic E-state index is 12.9. The Hall–Kier alpha value is -2.86. The molecule has 0 aliphatic carbocycles. The van der Waals surface area contributed by atoms with Gasteiger partial charge < -0.3 is 34.3 Å². The first-order valence-corrected chi connectivity index (χ1v) is 14.7. The van der Waals surface area contributed by atoms with Crippen molar-refractivity contribution in [1.82, 2.24) is 9.80 Å². The van der Waals surface area contributed by atoms with Gasteiger partial charge in [0.2, 0.25) is 6.79 Å². The first-order chi connectivity index (χ1) is 19.1. The third kappa shape index (κ3) is 3.32. The predicted octanol–water partition coefficient (Wildman–Crippen LogP) is 3.07. The minimum atomic E-state index is -0.915. The smallest absolute Gasteiger partial charge is 0.309 e. The molecule has 10 nitrogen and oxygen atoms in total. The highest BCUT2D eigenvalue weighted by atomic mass is 32.2. The lowest BCUT2D eigenvalue weighted by Crippen LogP contribution is -2.69. The zero-order valence-electron chi connectivity index (χ0n) is 23.1. The van der Waals surface area contributed by atoms with Crippen LogP contribution in [0.1, 0.15) is 57.6 Å². The van der Waals surface area contributed by atoms with Crippen LogP contribution in [-0.4, -0.2) is 82.7 Å². The van der Waals surface area contributed by atoms with Crippen LogP contribution in [0.15, 0.2) is 6.07 Å². The summed E-state index contributed by atoms with van der Waals surface area (Å²) in [6.07, 6.45) is -0.391. The van der Waals surface area contributed by atoms with Gasteiger partial charge in [0.05, 0.1) is 36.4 Å². The van der Waals surface area contributed by atoms with Crippen LogP contribution in [0, 0.1) is 19.8 Å². The van der Waals surface area contributed by atoms with E-state index in [4.69, 9.17) is 18.9 Å². The average Bonchev–Trinajstić information content (AvgIpc) is 3.41. The van der Waals surface area contributed by atoms with Gasteiger partial charge in [0.25, 0.3) is 0 Å². The van der Waals surface area contributed by atoms with Crippen LogP contribution in [0.3, 0.4) is 0 Å². The number of aromatic hydroxyl groups is 2. The van der Waals surface area contributed by atoms with Gasteiger partial charge in [-0.25, -0.2) is 0 Å². The maximum absolute atomic E-state index is 12.9. The number of phenolic OH excluding ortho intramolecular Hbond substituents is 2. The van der Waals surface area contributed by atoms with E-state index in [1.54, 1.807) is 18.9 Å². The van der Waals surface area contributed by atoms with Gasteiger partial charge in [-0.2, -0.15) is 11.8 Å². The molecule has 7 atom stereocenters. The summed E-state index contributed by atoms with van der Waals surface area (Å²) in [4.78, 5) is 17.1. The number of esters is 1. The van der Waals surface area contributed by atoms with Gasteiger partial charge in [-0.05, 0) is 38.4 Å². The second-order valence-electron chi connectivity index (χ2n) is 11.5. The lowest BCUT2D eigenvalue weighted by molar-refractivity contribution is -0.185. The molecule has 2 fully saturated rings. The zero-order chi connectivity index (χ0) is 28.2. The summed E-state index contributed by atoms with van der Waals surface area (Å²) in [5, 5.41) is 35.0. The van der Waals surface area contributed by atoms with Crippen molar-refractivity contribution in [2.24, 2.45) is 5.92 Å². The molecule has 3 N–H and O–H groups in total. The summed E-state index contributed by atoms with van der Waals surface area (Å²) < 4.78 is 23.3. The Morgan fingerprint density at radius 3 is 2.58 bits per heavy atom. The Balaban J connectivity index is 1.52. The van der Waals surface area contributed by atoms with E-state index < -0.39 is 12.3 Å². The van der Waals surface area contributed by atoms with Gasteiger partial charge in [0, 0.05) is 34.0 Å². The van der Waals surface area contributed by atoms with Crippen molar-refractivity contribution >= 4 is 17.7 Å². The van der Waals surface area contributed by atoms with Crippen molar-refractivity contribution in [1.29, 1.82) is 0 Å². The van der Waals surface area contributed by atoms with Gasteiger partial charge >= 0.3 is 5.97 Å². The number of carbonyl (C=O) groups excluding carboxylic acids is 1. The SMILES string of the molecule is COc1c(C)cc2c(c1O)[C@@H]1C3[C@@H]4SC[C@H](C)C(=O)OC[C@H](c5c6c(c(C)c(O)c54)OCO6)N3[C@@H](O)[C@H](C2)N1C. The molecule has 0 spiro atoms. The normalized spacial score (nSPS) is 32.6. The quantitative estimate of drug-likeness (QED) is 0.439. The number of hydrogen-bond acceptors (Lipinski definition) is 11. The molecule has 4 bridgehead atoms. The fraction of sp³-hybridized carbons (Fsp3) is 0.552. The topological polar surface area (TPSA) is 121 Å². The lowest BCUT2D eigenvalue weighted by Gasteiger charge is -2.61. The fourth-order valence-electron chi connectivity index (χ4n) is 7.61. The second-order valence-corrected chi connectivity index (χ2v) is 12.7. The van der Waals surface area contributed by atoms with Crippen LogP contribution >= 0.6 is 11.8 Å². The zero-order valence-corrected chi connectivity index (χ0v) is 23.9. The van der Waals surface area contributed by atoms with E-state index in [1.165, 1.54) is 0 Å². The summed E-state index contributed by atoms with van der Waals surface area (Å²) in [6, 6.07) is 0.447. The number of cyclic esters (lactones) is 1. The summed E-state index contributed by atoms with van der Waals surface area (Å²) in [7, 11) is 3.54. The molecular weight excluding hydrogens is 536 g/mol. The Bertz CT molecular complexity index is 1430. The fourth-order valence-corrected chi connectivity index (χ4v) is 9.13. The molecule has 0 aromatic heterocycles. The molecule has 0 saturated carbocycles. The monoisotopic (exact) mass is 570 g/mol. The van der Waals surface area contributed by atoms with Crippen LogP contribution in [0.25, 0.3) is 0 Å². The van der Waals surface area contributed by atoms with Crippen molar-refractivity contribution in [3.05, 3.63) is 39.4 Å². The predicted molar refractivity (Wildman–Crippen MR) is 146 cm³/mol. The van der Waals surface area contributed by atoms with Crippen molar-refractivity contribution in [3.8, 4) is 28.7 Å². The Kier molecular flexibility index (Phi) is 5.91. The third-order valence-corrected chi connectivity index (χ3v) is 11.0. The van der Waals surface area contributed by atoms with E-state index in [2.05, 4.69) is 4.90 Å². The number of nitrogens with zero attached hydrogens (tertiary/aromatic N) is 2. The van der Waals surface area contributed by atoms with Gasteiger partial charge in [-0.1, -0.05) is 13.0 Å². The molecule has 2 aromatic carbocycles. The summed E-state index contributed by atoms with van der Waals surface area (Å²) >= 11 is 1.56.